The van der Waals surface area contributed by atoms with Gasteiger partial charge in [0.25, 0.3) is 0 Å². The minimum Gasteiger partial charge on any atom is -0.316 e. The van der Waals surface area contributed by atoms with Crippen LogP contribution in [0.1, 0.15) is 31.7 Å². The average molecular weight is 310 g/mol. The van der Waals surface area contributed by atoms with Gasteiger partial charge in [0.15, 0.2) is 0 Å². The molecule has 1 aliphatic heterocycles. The van der Waals surface area contributed by atoms with Crippen LogP contribution in [0.4, 0.5) is 0 Å². The van der Waals surface area contributed by atoms with Crippen molar-refractivity contribution in [1.29, 1.82) is 0 Å². The first-order chi connectivity index (χ1) is 8.66. The molecule has 1 atom stereocenters. The summed E-state index contributed by atoms with van der Waals surface area (Å²) in [7, 11) is 0. The molecule has 0 amide bonds. The van der Waals surface area contributed by atoms with Crippen molar-refractivity contribution in [3.05, 3.63) is 34.3 Å². The number of carbonyl (C=O) groups excluding carboxylic acids is 1. The molecule has 1 heterocycles. The molecule has 98 valence electrons. The van der Waals surface area contributed by atoms with Crippen LogP contribution in [0.25, 0.3) is 0 Å². The second-order valence-corrected chi connectivity index (χ2v) is 6.10. The zero-order valence-corrected chi connectivity index (χ0v) is 12.4. The Kier molecular flexibility index (Phi) is 4.57. The summed E-state index contributed by atoms with van der Waals surface area (Å²) < 4.78 is 1.04. The van der Waals surface area contributed by atoms with E-state index in [4.69, 9.17) is 0 Å². The molecule has 1 aliphatic rings. The summed E-state index contributed by atoms with van der Waals surface area (Å²) >= 11 is 3.46. The molecule has 0 saturated carbocycles. The van der Waals surface area contributed by atoms with E-state index in [0.717, 1.165) is 42.4 Å². The quantitative estimate of drug-likeness (QED) is 0.904. The number of rotatable bonds is 5. The van der Waals surface area contributed by atoms with Gasteiger partial charge in [-0.15, -0.1) is 0 Å². The minimum atomic E-state index is -0.114. The highest BCUT2D eigenvalue weighted by Crippen LogP contribution is 2.33. The van der Waals surface area contributed by atoms with E-state index >= 15 is 0 Å². The van der Waals surface area contributed by atoms with Gasteiger partial charge in [0, 0.05) is 22.9 Å². The van der Waals surface area contributed by atoms with Gasteiger partial charge in [-0.25, -0.2) is 0 Å². The molecule has 0 bridgehead atoms. The molecule has 0 aromatic heterocycles. The van der Waals surface area contributed by atoms with E-state index < -0.39 is 0 Å². The highest BCUT2D eigenvalue weighted by atomic mass is 79.9. The second kappa shape index (κ2) is 5.98. The summed E-state index contributed by atoms with van der Waals surface area (Å²) in [4.78, 5) is 12.6. The summed E-state index contributed by atoms with van der Waals surface area (Å²) in [6.07, 6.45) is 3.63. The number of hydrogen-bond acceptors (Lipinski definition) is 2. The van der Waals surface area contributed by atoms with Gasteiger partial charge in [0.05, 0.1) is 0 Å². The lowest BCUT2D eigenvalue weighted by Gasteiger charge is -2.26. The normalized spacial score (nSPS) is 23.2. The van der Waals surface area contributed by atoms with Gasteiger partial charge < -0.3 is 5.32 Å². The number of nitrogens with one attached hydrogen (secondary N) is 1. The molecule has 2 rings (SSSR count). The van der Waals surface area contributed by atoms with Crippen LogP contribution in [-0.2, 0) is 11.2 Å². The molecule has 0 spiro atoms. The number of ketones is 1. The maximum atomic E-state index is 12.6. The summed E-state index contributed by atoms with van der Waals surface area (Å²) in [5.41, 5.74) is 0.994. The standard InChI is InChI=1S/C15H20BrNO/c1-2-6-15(7-8-17-11-15)14(18)10-12-4-3-5-13(16)9-12/h3-5,9,17H,2,6-8,10-11H2,1H3. The van der Waals surface area contributed by atoms with Gasteiger partial charge in [-0.1, -0.05) is 41.4 Å². The third-order valence-electron chi connectivity index (χ3n) is 3.82. The van der Waals surface area contributed by atoms with Gasteiger partial charge >= 0.3 is 0 Å². The molecule has 1 unspecified atom stereocenters. The topological polar surface area (TPSA) is 29.1 Å². The molecule has 18 heavy (non-hydrogen) atoms. The summed E-state index contributed by atoms with van der Waals surface area (Å²) in [6, 6.07) is 8.06. The largest absolute Gasteiger partial charge is 0.316 e. The predicted molar refractivity (Wildman–Crippen MR) is 77.7 cm³/mol. The lowest BCUT2D eigenvalue weighted by molar-refractivity contribution is -0.127. The zero-order valence-electron chi connectivity index (χ0n) is 10.8. The molecule has 2 nitrogen and oxygen atoms in total. The van der Waals surface area contributed by atoms with Gasteiger partial charge in [-0.3, -0.25) is 4.79 Å². The fraction of sp³-hybridized carbons (Fsp3) is 0.533. The van der Waals surface area contributed by atoms with Crippen molar-refractivity contribution in [2.45, 2.75) is 32.6 Å². The van der Waals surface area contributed by atoms with Gasteiger partial charge in [-0.05, 0) is 37.1 Å². The maximum Gasteiger partial charge on any atom is 0.144 e. The number of carbonyl (C=O) groups is 1. The zero-order chi connectivity index (χ0) is 13.0. The lowest BCUT2D eigenvalue weighted by atomic mass is 9.76. The first-order valence-electron chi connectivity index (χ1n) is 6.65. The van der Waals surface area contributed by atoms with Crippen molar-refractivity contribution in [3.8, 4) is 0 Å². The van der Waals surface area contributed by atoms with Gasteiger partial charge in [0.1, 0.15) is 5.78 Å². The molecule has 3 heteroatoms. The summed E-state index contributed by atoms with van der Waals surface area (Å²) in [6.45, 7) is 3.99. The SMILES string of the molecule is CCCC1(C(=O)Cc2cccc(Br)c2)CCNC1. The molecule has 1 saturated heterocycles. The first kappa shape index (κ1) is 13.8. The lowest BCUT2D eigenvalue weighted by Crippen LogP contribution is -2.34. The molecule has 1 N–H and O–H groups in total. The van der Waals surface area contributed by atoms with Gasteiger partial charge in [-0.2, -0.15) is 0 Å². The van der Waals surface area contributed by atoms with Crippen molar-refractivity contribution >= 4 is 21.7 Å². The fourth-order valence-corrected chi connectivity index (χ4v) is 3.28. The second-order valence-electron chi connectivity index (χ2n) is 5.19. The highest BCUT2D eigenvalue weighted by molar-refractivity contribution is 9.10. The Balaban J connectivity index is 2.10. The van der Waals surface area contributed by atoms with Crippen LogP contribution in [0, 0.1) is 5.41 Å². The van der Waals surface area contributed by atoms with E-state index in [2.05, 4.69) is 28.2 Å². The fourth-order valence-electron chi connectivity index (χ4n) is 2.83. The molecule has 1 aromatic rings. The average Bonchev–Trinajstić information content (AvgIpc) is 2.79. The highest BCUT2D eigenvalue weighted by Gasteiger charge is 2.39. The molecular formula is C15H20BrNO. The Morgan fingerprint density at radius 2 is 2.33 bits per heavy atom. The van der Waals surface area contributed by atoms with E-state index in [-0.39, 0.29) is 5.41 Å². The van der Waals surface area contributed by atoms with Crippen molar-refractivity contribution < 1.29 is 4.79 Å². The Labute approximate surface area is 117 Å². The van der Waals surface area contributed by atoms with Crippen molar-refractivity contribution in [1.82, 2.24) is 5.32 Å². The Morgan fingerprint density at radius 1 is 1.50 bits per heavy atom. The molecule has 0 radical (unpaired) electrons. The Morgan fingerprint density at radius 3 is 2.94 bits per heavy atom. The van der Waals surface area contributed by atoms with E-state index in [0.29, 0.717) is 12.2 Å². The van der Waals surface area contributed by atoms with Crippen LogP contribution >= 0.6 is 15.9 Å². The summed E-state index contributed by atoms with van der Waals surface area (Å²) in [5, 5.41) is 3.35. The van der Waals surface area contributed by atoms with E-state index in [1.165, 1.54) is 0 Å². The Hall–Kier alpha value is -0.670. The number of hydrogen-bond donors (Lipinski definition) is 1. The van der Waals surface area contributed by atoms with Crippen LogP contribution in [-0.4, -0.2) is 18.9 Å². The van der Waals surface area contributed by atoms with Gasteiger partial charge in [0.2, 0.25) is 0 Å². The number of benzene rings is 1. The molecule has 0 aliphatic carbocycles. The Bertz CT molecular complexity index is 424. The van der Waals surface area contributed by atoms with Crippen molar-refractivity contribution in [2.75, 3.05) is 13.1 Å². The van der Waals surface area contributed by atoms with Crippen LogP contribution in [0.15, 0.2) is 28.7 Å². The number of Topliss-reactive ketones (excluding diaryl/α,β-unsaturated/α-hetero) is 1. The third kappa shape index (κ3) is 3.01. The van der Waals surface area contributed by atoms with Crippen LogP contribution in [0.2, 0.25) is 0 Å². The van der Waals surface area contributed by atoms with E-state index in [9.17, 15) is 4.79 Å². The smallest absolute Gasteiger partial charge is 0.144 e. The van der Waals surface area contributed by atoms with Crippen molar-refractivity contribution in [2.24, 2.45) is 5.41 Å². The molecule has 1 aromatic carbocycles. The first-order valence-corrected chi connectivity index (χ1v) is 7.44. The monoisotopic (exact) mass is 309 g/mol. The number of halogens is 1. The van der Waals surface area contributed by atoms with Crippen molar-refractivity contribution in [3.63, 3.8) is 0 Å². The molecule has 1 fully saturated rings. The maximum absolute atomic E-state index is 12.6. The van der Waals surface area contributed by atoms with E-state index in [1.54, 1.807) is 0 Å². The molecular weight excluding hydrogens is 290 g/mol. The van der Waals surface area contributed by atoms with Crippen LogP contribution in [0.3, 0.4) is 0 Å². The van der Waals surface area contributed by atoms with E-state index in [1.807, 2.05) is 24.3 Å². The third-order valence-corrected chi connectivity index (χ3v) is 4.31. The minimum absolute atomic E-state index is 0.114. The predicted octanol–water partition coefficient (Wildman–Crippen LogP) is 3.34. The van der Waals surface area contributed by atoms with Crippen LogP contribution in [0.5, 0.6) is 0 Å². The van der Waals surface area contributed by atoms with Crippen LogP contribution < -0.4 is 5.32 Å². The summed E-state index contributed by atoms with van der Waals surface area (Å²) in [5.74, 6) is 0.396.